The van der Waals surface area contributed by atoms with Crippen molar-refractivity contribution in [1.82, 2.24) is 15.2 Å². The summed E-state index contributed by atoms with van der Waals surface area (Å²) in [6.45, 7) is 4.04. The Balaban J connectivity index is 2.26. The molecule has 2 aromatic rings. The monoisotopic (exact) mass is 234 g/mol. The summed E-state index contributed by atoms with van der Waals surface area (Å²) in [5.41, 5.74) is 6.73. The van der Waals surface area contributed by atoms with Gasteiger partial charge < -0.3 is 5.73 Å². The first kappa shape index (κ1) is 11.7. The molecule has 17 heavy (non-hydrogen) atoms. The molecule has 2 rings (SSSR count). The van der Waals surface area contributed by atoms with E-state index in [0.717, 1.165) is 5.56 Å². The van der Waals surface area contributed by atoms with Crippen LogP contribution in [-0.2, 0) is 0 Å². The molecule has 0 aliphatic carbocycles. The average molecular weight is 234 g/mol. The highest BCUT2D eigenvalue weighted by molar-refractivity contribution is 5.54. The minimum atomic E-state index is -0.275. The summed E-state index contributed by atoms with van der Waals surface area (Å²) in [6, 6.07) is 5.88. The third kappa shape index (κ3) is 2.50. The first-order chi connectivity index (χ1) is 8.08. The molecule has 5 heteroatoms. The van der Waals surface area contributed by atoms with Gasteiger partial charge in [0.15, 0.2) is 5.82 Å². The lowest BCUT2D eigenvalue weighted by Crippen LogP contribution is -2.18. The molecular formula is C12H15FN4. The second-order valence-corrected chi connectivity index (χ2v) is 4.32. The zero-order valence-corrected chi connectivity index (χ0v) is 9.81. The lowest BCUT2D eigenvalue weighted by atomic mass is 10.1. The van der Waals surface area contributed by atoms with Crippen LogP contribution in [0.4, 0.5) is 4.39 Å². The first-order valence-corrected chi connectivity index (χ1v) is 5.51. The summed E-state index contributed by atoms with van der Waals surface area (Å²) in [7, 11) is 0. The molecule has 0 aliphatic rings. The predicted molar refractivity (Wildman–Crippen MR) is 63.5 cm³/mol. The fourth-order valence-electron chi connectivity index (χ4n) is 1.47. The maximum atomic E-state index is 12.8. The summed E-state index contributed by atoms with van der Waals surface area (Å²) in [5.74, 6) is 1.20. The van der Waals surface area contributed by atoms with Gasteiger partial charge in [-0.05, 0) is 30.2 Å². The Morgan fingerprint density at radius 3 is 2.47 bits per heavy atom. The summed E-state index contributed by atoms with van der Waals surface area (Å²) < 4.78 is 12.8. The molecule has 0 amide bonds. The Morgan fingerprint density at radius 1 is 1.24 bits per heavy atom. The zero-order chi connectivity index (χ0) is 12.4. The van der Waals surface area contributed by atoms with Gasteiger partial charge in [-0.1, -0.05) is 13.8 Å². The maximum Gasteiger partial charge on any atom is 0.181 e. The van der Waals surface area contributed by atoms with Crippen LogP contribution in [0.25, 0.3) is 11.4 Å². The molecular weight excluding hydrogens is 219 g/mol. The van der Waals surface area contributed by atoms with E-state index in [1.165, 1.54) is 12.1 Å². The minimum Gasteiger partial charge on any atom is -0.321 e. The van der Waals surface area contributed by atoms with E-state index in [-0.39, 0.29) is 17.8 Å². The quantitative estimate of drug-likeness (QED) is 0.856. The van der Waals surface area contributed by atoms with Gasteiger partial charge in [0.25, 0.3) is 0 Å². The SMILES string of the molecule is CC(C)[C@@H](N)c1nc(-c2ccc(F)cc2)n[nH]1. The van der Waals surface area contributed by atoms with Crippen LogP contribution in [0, 0.1) is 11.7 Å². The van der Waals surface area contributed by atoms with Gasteiger partial charge in [0.2, 0.25) is 0 Å². The van der Waals surface area contributed by atoms with Gasteiger partial charge in [-0.3, -0.25) is 5.10 Å². The lowest BCUT2D eigenvalue weighted by molar-refractivity contribution is 0.492. The van der Waals surface area contributed by atoms with Gasteiger partial charge in [-0.15, -0.1) is 0 Å². The molecule has 1 aromatic carbocycles. The number of aromatic amines is 1. The molecule has 0 saturated carbocycles. The van der Waals surface area contributed by atoms with Crippen molar-refractivity contribution in [3.63, 3.8) is 0 Å². The second kappa shape index (κ2) is 4.63. The highest BCUT2D eigenvalue weighted by Crippen LogP contribution is 2.19. The number of hydrogen-bond acceptors (Lipinski definition) is 3. The van der Waals surface area contributed by atoms with Gasteiger partial charge in [0.1, 0.15) is 11.6 Å². The Labute approximate surface area is 99.1 Å². The third-order valence-corrected chi connectivity index (χ3v) is 2.64. The van der Waals surface area contributed by atoms with Gasteiger partial charge >= 0.3 is 0 Å². The van der Waals surface area contributed by atoms with Crippen LogP contribution in [0.2, 0.25) is 0 Å². The molecule has 0 aliphatic heterocycles. The van der Waals surface area contributed by atoms with Crippen molar-refractivity contribution < 1.29 is 4.39 Å². The summed E-state index contributed by atoms with van der Waals surface area (Å²) in [5, 5.41) is 6.90. The number of benzene rings is 1. The standard InChI is InChI=1S/C12H15FN4/c1-7(2)10(14)12-15-11(16-17-12)8-3-5-9(13)6-4-8/h3-7,10H,14H2,1-2H3,(H,15,16,17)/t10-/m1/s1. The first-order valence-electron chi connectivity index (χ1n) is 5.51. The molecule has 0 spiro atoms. The Morgan fingerprint density at radius 2 is 1.88 bits per heavy atom. The summed E-state index contributed by atoms with van der Waals surface area (Å²) in [6.07, 6.45) is 0. The number of nitrogens with zero attached hydrogens (tertiary/aromatic N) is 2. The smallest absolute Gasteiger partial charge is 0.181 e. The van der Waals surface area contributed by atoms with Crippen LogP contribution in [0.15, 0.2) is 24.3 Å². The Kier molecular flexibility index (Phi) is 3.19. The van der Waals surface area contributed by atoms with Crippen LogP contribution >= 0.6 is 0 Å². The van der Waals surface area contributed by atoms with Crippen molar-refractivity contribution in [3.8, 4) is 11.4 Å². The normalized spacial score (nSPS) is 13.0. The minimum absolute atomic E-state index is 0.170. The van der Waals surface area contributed by atoms with Crippen LogP contribution in [0.1, 0.15) is 25.7 Å². The number of aromatic nitrogens is 3. The molecule has 0 fully saturated rings. The number of rotatable bonds is 3. The number of nitrogens with two attached hydrogens (primary N) is 1. The van der Waals surface area contributed by atoms with Crippen molar-refractivity contribution in [1.29, 1.82) is 0 Å². The number of hydrogen-bond donors (Lipinski definition) is 2. The van der Waals surface area contributed by atoms with E-state index in [0.29, 0.717) is 11.6 Å². The Hall–Kier alpha value is -1.75. The van der Waals surface area contributed by atoms with Crippen LogP contribution in [0.5, 0.6) is 0 Å². The van der Waals surface area contributed by atoms with E-state index in [9.17, 15) is 4.39 Å². The van der Waals surface area contributed by atoms with Gasteiger partial charge in [-0.25, -0.2) is 9.37 Å². The number of halogens is 1. The molecule has 1 heterocycles. The molecule has 0 saturated heterocycles. The fraction of sp³-hybridized carbons (Fsp3) is 0.333. The average Bonchev–Trinajstić information content (AvgIpc) is 2.78. The summed E-state index contributed by atoms with van der Waals surface area (Å²) >= 11 is 0. The molecule has 4 nitrogen and oxygen atoms in total. The highest BCUT2D eigenvalue weighted by Gasteiger charge is 2.15. The van der Waals surface area contributed by atoms with E-state index in [1.54, 1.807) is 12.1 Å². The summed E-state index contributed by atoms with van der Waals surface area (Å²) in [4.78, 5) is 4.32. The second-order valence-electron chi connectivity index (χ2n) is 4.32. The van der Waals surface area contributed by atoms with E-state index >= 15 is 0 Å². The van der Waals surface area contributed by atoms with E-state index in [4.69, 9.17) is 5.73 Å². The molecule has 1 aromatic heterocycles. The van der Waals surface area contributed by atoms with Gasteiger partial charge in [-0.2, -0.15) is 5.10 Å². The van der Waals surface area contributed by atoms with Crippen LogP contribution in [-0.4, -0.2) is 15.2 Å². The van der Waals surface area contributed by atoms with Crippen LogP contribution in [0.3, 0.4) is 0 Å². The van der Waals surface area contributed by atoms with E-state index in [1.807, 2.05) is 13.8 Å². The lowest BCUT2D eigenvalue weighted by Gasteiger charge is -2.11. The van der Waals surface area contributed by atoms with Crippen molar-refractivity contribution in [3.05, 3.63) is 35.9 Å². The fourth-order valence-corrected chi connectivity index (χ4v) is 1.47. The predicted octanol–water partition coefficient (Wildman–Crippen LogP) is 2.27. The van der Waals surface area contributed by atoms with Gasteiger partial charge in [0, 0.05) is 5.56 Å². The molecule has 0 bridgehead atoms. The largest absolute Gasteiger partial charge is 0.321 e. The molecule has 90 valence electrons. The van der Waals surface area contributed by atoms with E-state index < -0.39 is 0 Å². The van der Waals surface area contributed by atoms with E-state index in [2.05, 4.69) is 15.2 Å². The van der Waals surface area contributed by atoms with Crippen molar-refractivity contribution in [2.45, 2.75) is 19.9 Å². The zero-order valence-electron chi connectivity index (χ0n) is 9.81. The van der Waals surface area contributed by atoms with Gasteiger partial charge in [0.05, 0.1) is 6.04 Å². The highest BCUT2D eigenvalue weighted by atomic mass is 19.1. The molecule has 1 atom stereocenters. The molecule has 0 unspecified atom stereocenters. The van der Waals surface area contributed by atoms with Crippen LogP contribution < -0.4 is 5.73 Å². The number of nitrogens with one attached hydrogen (secondary N) is 1. The molecule has 3 N–H and O–H groups in total. The third-order valence-electron chi connectivity index (χ3n) is 2.64. The topological polar surface area (TPSA) is 67.6 Å². The maximum absolute atomic E-state index is 12.8. The van der Waals surface area contributed by atoms with Crippen molar-refractivity contribution in [2.24, 2.45) is 11.7 Å². The number of H-pyrrole nitrogens is 1. The van der Waals surface area contributed by atoms with Crippen molar-refractivity contribution in [2.75, 3.05) is 0 Å². The Bertz CT molecular complexity index is 489. The molecule has 0 radical (unpaired) electrons. The van der Waals surface area contributed by atoms with Crippen molar-refractivity contribution >= 4 is 0 Å².